The van der Waals surface area contributed by atoms with Crippen molar-refractivity contribution in [3.63, 3.8) is 0 Å². The molecule has 40 heavy (non-hydrogen) atoms. The summed E-state index contributed by atoms with van der Waals surface area (Å²) in [5.74, 6) is -5.04. The molecule has 3 atom stereocenters. The van der Waals surface area contributed by atoms with Gasteiger partial charge in [-0.15, -0.1) is 0 Å². The molecule has 0 spiro atoms. The SMILES string of the molecule is COc1ccc([C@H](NC(=O)[C@H](CCCN)NC(=O)c2cccc(Cl)c2)C(=O)N[C@H](C(=O)C(F)(F)F)C(C)C)cc1. The van der Waals surface area contributed by atoms with Gasteiger partial charge >= 0.3 is 6.18 Å². The number of nitrogens with two attached hydrogens (primary N) is 1. The number of Topliss-reactive ketones (excluding diaryl/α,β-unsaturated/α-hetero) is 1. The Morgan fingerprint density at radius 3 is 2.15 bits per heavy atom. The fourth-order valence-corrected chi connectivity index (χ4v) is 3.94. The predicted molar refractivity (Wildman–Crippen MR) is 143 cm³/mol. The van der Waals surface area contributed by atoms with Gasteiger partial charge in [0.15, 0.2) is 0 Å². The average Bonchev–Trinajstić information content (AvgIpc) is 2.91. The normalized spacial score (nSPS) is 13.6. The highest BCUT2D eigenvalue weighted by molar-refractivity contribution is 6.31. The number of alkyl halides is 3. The maximum absolute atomic E-state index is 13.4. The van der Waals surface area contributed by atoms with Gasteiger partial charge in [-0.25, -0.2) is 0 Å². The van der Waals surface area contributed by atoms with Crippen molar-refractivity contribution in [3.8, 4) is 5.75 Å². The molecular weight excluding hydrogens is 553 g/mol. The Bertz CT molecular complexity index is 1190. The first-order valence-electron chi connectivity index (χ1n) is 12.4. The zero-order valence-corrected chi connectivity index (χ0v) is 22.9. The molecule has 0 heterocycles. The molecule has 2 rings (SSSR count). The molecule has 2 aromatic rings. The zero-order chi connectivity index (χ0) is 30.0. The first-order valence-corrected chi connectivity index (χ1v) is 12.8. The van der Waals surface area contributed by atoms with E-state index in [1.807, 2.05) is 0 Å². The van der Waals surface area contributed by atoms with Crippen LogP contribution >= 0.6 is 11.6 Å². The summed E-state index contributed by atoms with van der Waals surface area (Å²) in [6.07, 6.45) is -4.74. The number of carbonyl (C=O) groups excluding carboxylic acids is 4. The molecule has 0 fully saturated rings. The van der Waals surface area contributed by atoms with Gasteiger partial charge in [0, 0.05) is 10.6 Å². The Kier molecular flexibility index (Phi) is 11.9. The Labute approximate surface area is 235 Å². The number of halogens is 4. The van der Waals surface area contributed by atoms with Gasteiger partial charge in [0.25, 0.3) is 11.7 Å². The van der Waals surface area contributed by atoms with Crippen molar-refractivity contribution in [2.45, 2.75) is 51.0 Å². The maximum atomic E-state index is 13.4. The molecule has 2 aromatic carbocycles. The van der Waals surface area contributed by atoms with E-state index in [0.717, 1.165) is 0 Å². The van der Waals surface area contributed by atoms with E-state index >= 15 is 0 Å². The van der Waals surface area contributed by atoms with Crippen LogP contribution < -0.4 is 26.4 Å². The molecule has 0 aromatic heterocycles. The molecule has 0 bridgehead atoms. The van der Waals surface area contributed by atoms with Gasteiger partial charge in [0.05, 0.1) is 13.2 Å². The number of benzene rings is 2. The molecule has 9 nitrogen and oxygen atoms in total. The first kappa shape index (κ1) is 32.6. The van der Waals surface area contributed by atoms with Gasteiger partial charge in [-0.3, -0.25) is 19.2 Å². The van der Waals surface area contributed by atoms with Crippen LogP contribution in [0.5, 0.6) is 5.75 Å². The van der Waals surface area contributed by atoms with E-state index in [-0.39, 0.29) is 24.1 Å². The van der Waals surface area contributed by atoms with E-state index in [4.69, 9.17) is 22.1 Å². The van der Waals surface area contributed by atoms with Crippen LogP contribution in [0.15, 0.2) is 48.5 Å². The molecule has 218 valence electrons. The van der Waals surface area contributed by atoms with Crippen LogP contribution in [0.1, 0.15) is 48.7 Å². The Morgan fingerprint density at radius 2 is 1.62 bits per heavy atom. The van der Waals surface area contributed by atoms with E-state index in [1.165, 1.54) is 57.4 Å². The molecule has 0 radical (unpaired) electrons. The average molecular weight is 585 g/mol. The number of nitrogens with one attached hydrogen (secondary N) is 3. The number of ketones is 1. The molecule has 3 amide bonds. The maximum Gasteiger partial charge on any atom is 0.452 e. The van der Waals surface area contributed by atoms with Gasteiger partial charge in [-0.1, -0.05) is 43.6 Å². The largest absolute Gasteiger partial charge is 0.497 e. The topological polar surface area (TPSA) is 140 Å². The number of rotatable bonds is 13. The number of amides is 3. The lowest BCUT2D eigenvalue weighted by Gasteiger charge is -2.27. The summed E-state index contributed by atoms with van der Waals surface area (Å²) in [5, 5.41) is 7.53. The molecule has 0 aliphatic rings. The molecule has 0 saturated carbocycles. The van der Waals surface area contributed by atoms with Crippen molar-refractivity contribution in [2.24, 2.45) is 11.7 Å². The number of carbonyl (C=O) groups is 4. The summed E-state index contributed by atoms with van der Waals surface area (Å²) in [7, 11) is 1.42. The van der Waals surface area contributed by atoms with Crippen LogP contribution in [0.25, 0.3) is 0 Å². The van der Waals surface area contributed by atoms with E-state index in [2.05, 4.69) is 16.0 Å². The summed E-state index contributed by atoms with van der Waals surface area (Å²) in [4.78, 5) is 51.5. The van der Waals surface area contributed by atoms with E-state index in [1.54, 1.807) is 12.1 Å². The molecule has 0 saturated heterocycles. The van der Waals surface area contributed by atoms with Crippen molar-refractivity contribution in [1.82, 2.24) is 16.0 Å². The van der Waals surface area contributed by atoms with Gasteiger partial charge in [-0.05, 0) is 61.2 Å². The van der Waals surface area contributed by atoms with Crippen LogP contribution in [-0.2, 0) is 14.4 Å². The summed E-state index contributed by atoms with van der Waals surface area (Å²) < 4.78 is 44.7. The Balaban J connectivity index is 2.37. The van der Waals surface area contributed by atoms with Crippen LogP contribution in [0, 0.1) is 5.92 Å². The summed E-state index contributed by atoms with van der Waals surface area (Å²) in [6, 6.07) is 7.36. The lowest BCUT2D eigenvalue weighted by atomic mass is 9.97. The second kappa shape index (κ2) is 14.7. The minimum atomic E-state index is -5.18. The molecule has 0 aliphatic heterocycles. The van der Waals surface area contributed by atoms with Crippen molar-refractivity contribution in [2.75, 3.05) is 13.7 Å². The second-order valence-electron chi connectivity index (χ2n) is 9.27. The van der Waals surface area contributed by atoms with Crippen LogP contribution in [0.3, 0.4) is 0 Å². The highest BCUT2D eigenvalue weighted by Gasteiger charge is 2.45. The highest BCUT2D eigenvalue weighted by atomic mass is 35.5. The molecular formula is C27H32ClF3N4O5. The smallest absolute Gasteiger partial charge is 0.452 e. The third kappa shape index (κ3) is 9.23. The summed E-state index contributed by atoms with van der Waals surface area (Å²) in [6.45, 7) is 2.91. The fraction of sp³-hybridized carbons (Fsp3) is 0.407. The van der Waals surface area contributed by atoms with E-state index in [0.29, 0.717) is 17.2 Å². The summed E-state index contributed by atoms with van der Waals surface area (Å²) >= 11 is 5.96. The zero-order valence-electron chi connectivity index (χ0n) is 22.2. The lowest BCUT2D eigenvalue weighted by molar-refractivity contribution is -0.175. The van der Waals surface area contributed by atoms with Gasteiger partial charge < -0.3 is 26.4 Å². The quantitative estimate of drug-likeness (QED) is 0.285. The number of methoxy groups -OCH3 is 1. The standard InChI is InChI=1S/C27H32ClF3N4O5/c1-15(2)21(23(36)27(29,30)31)34-26(39)22(16-9-11-19(40-3)12-10-16)35-25(38)20(8-5-13-32)33-24(37)17-6-4-7-18(28)14-17/h4,6-7,9-12,14-15,20-22H,5,8,13,32H2,1-3H3,(H,33,37)(H,34,39)(H,35,38)/t20-,21-,22-/m0/s1. The van der Waals surface area contributed by atoms with Crippen molar-refractivity contribution >= 4 is 35.1 Å². The van der Waals surface area contributed by atoms with Crippen LogP contribution in [0.2, 0.25) is 5.02 Å². The minimum Gasteiger partial charge on any atom is -0.497 e. The third-order valence-corrected chi connectivity index (χ3v) is 6.16. The Hall–Kier alpha value is -3.64. The fourth-order valence-electron chi connectivity index (χ4n) is 3.75. The van der Waals surface area contributed by atoms with Crippen LogP contribution in [0.4, 0.5) is 13.2 Å². The Morgan fingerprint density at radius 1 is 0.975 bits per heavy atom. The van der Waals surface area contributed by atoms with Crippen molar-refractivity contribution in [1.29, 1.82) is 0 Å². The minimum absolute atomic E-state index is 0.104. The second-order valence-corrected chi connectivity index (χ2v) is 9.71. The number of hydrogen-bond acceptors (Lipinski definition) is 6. The van der Waals surface area contributed by atoms with E-state index < -0.39 is 53.7 Å². The third-order valence-electron chi connectivity index (χ3n) is 5.93. The highest BCUT2D eigenvalue weighted by Crippen LogP contribution is 2.23. The molecule has 5 N–H and O–H groups in total. The summed E-state index contributed by atoms with van der Waals surface area (Å²) in [5.41, 5.74) is 5.98. The molecule has 0 aliphatic carbocycles. The van der Waals surface area contributed by atoms with Crippen LogP contribution in [-0.4, -0.2) is 55.4 Å². The van der Waals surface area contributed by atoms with E-state index in [9.17, 15) is 32.3 Å². The van der Waals surface area contributed by atoms with Crippen molar-refractivity contribution in [3.05, 3.63) is 64.7 Å². The lowest BCUT2D eigenvalue weighted by Crippen LogP contribution is -2.54. The van der Waals surface area contributed by atoms with Crippen molar-refractivity contribution < 1.29 is 37.1 Å². The van der Waals surface area contributed by atoms with Gasteiger partial charge in [-0.2, -0.15) is 13.2 Å². The molecule has 13 heteroatoms. The first-order chi connectivity index (χ1) is 18.8. The predicted octanol–water partition coefficient (Wildman–Crippen LogP) is 3.32. The number of ether oxygens (including phenoxy) is 1. The van der Waals surface area contributed by atoms with Gasteiger partial charge in [0.2, 0.25) is 11.8 Å². The number of hydrogen-bond donors (Lipinski definition) is 4. The molecule has 0 unspecified atom stereocenters. The monoisotopic (exact) mass is 584 g/mol. The van der Waals surface area contributed by atoms with Gasteiger partial charge in [0.1, 0.15) is 17.8 Å².